The number of nitrogens with one attached hydrogen (secondary N) is 2. The predicted molar refractivity (Wildman–Crippen MR) is 97.3 cm³/mol. The Labute approximate surface area is 194 Å². The van der Waals surface area contributed by atoms with Crippen LogP contribution in [0.1, 0.15) is 71.1 Å². The van der Waals surface area contributed by atoms with E-state index in [0.29, 0.717) is 5.69 Å². The van der Waals surface area contributed by atoms with Gasteiger partial charge in [-0.15, -0.1) is 0 Å². The van der Waals surface area contributed by atoms with Gasteiger partial charge in [0, 0.05) is 0 Å². The van der Waals surface area contributed by atoms with Gasteiger partial charge in [0.2, 0.25) is 0 Å². The molecule has 136 valence electrons. The number of benzene rings is 1. The van der Waals surface area contributed by atoms with E-state index in [4.69, 9.17) is 0 Å². The molecule has 1 aliphatic rings. The maximum Gasteiger partial charge on any atom is 1.00 e. The number of hydrogen-bond donors (Lipinski definition) is 2. The van der Waals surface area contributed by atoms with Crippen molar-refractivity contribution in [2.45, 2.75) is 82.2 Å². The Morgan fingerprint density at radius 1 is 0.920 bits per heavy atom. The molecular formula is C18H29KN2O3S. The van der Waals surface area contributed by atoms with E-state index in [1.807, 2.05) is 0 Å². The van der Waals surface area contributed by atoms with Crippen LogP contribution < -0.4 is 62.0 Å². The molecule has 0 radical (unpaired) electrons. The van der Waals surface area contributed by atoms with Crippen molar-refractivity contribution >= 4 is 21.5 Å². The molecule has 0 aromatic heterocycles. The summed E-state index contributed by atoms with van der Waals surface area (Å²) in [6, 6.07) is 4.43. The van der Waals surface area contributed by atoms with Gasteiger partial charge in [0.25, 0.3) is 0 Å². The van der Waals surface area contributed by atoms with Crippen molar-refractivity contribution in [3.05, 3.63) is 18.2 Å². The molecule has 1 heterocycles. The van der Waals surface area contributed by atoms with E-state index in [1.165, 1.54) is 63.5 Å². The maximum atomic E-state index is 11.1. The van der Waals surface area contributed by atoms with Crippen molar-refractivity contribution < 1.29 is 64.4 Å². The summed E-state index contributed by atoms with van der Waals surface area (Å²) in [6.45, 7) is 2.24. The number of fused-ring (bicyclic) bond motifs is 1. The first-order valence-electron chi connectivity index (χ1n) is 9.13. The molecule has 1 aromatic carbocycles. The Hall–Kier alpha value is 0.366. The van der Waals surface area contributed by atoms with Gasteiger partial charge in [0.1, 0.15) is 10.1 Å². The van der Waals surface area contributed by atoms with E-state index in [0.717, 1.165) is 18.5 Å². The smallest absolute Gasteiger partial charge is 0.744 e. The van der Waals surface area contributed by atoms with Crippen molar-refractivity contribution in [3.8, 4) is 0 Å². The zero-order chi connectivity index (χ0) is 17.4. The standard InChI is InChI=1S/C18H30N2O3S.K/c1-2-3-4-5-6-7-8-9-10-11-18-19-16-13-12-15(24(21,22)23)14-17(16)20-18;/h12-14,18-20H,2-11H2,1H3,(H,21,22,23);/q;+1/p-1. The minimum atomic E-state index is -4.40. The fourth-order valence-electron chi connectivity index (χ4n) is 3.14. The molecule has 0 saturated heterocycles. The minimum absolute atomic E-state index is 0. The first-order chi connectivity index (χ1) is 11.5. The van der Waals surface area contributed by atoms with Crippen LogP contribution >= 0.6 is 0 Å². The molecule has 25 heavy (non-hydrogen) atoms. The second-order valence-corrected chi connectivity index (χ2v) is 8.00. The van der Waals surface area contributed by atoms with E-state index in [-0.39, 0.29) is 62.4 Å². The minimum Gasteiger partial charge on any atom is -0.744 e. The molecule has 1 unspecified atom stereocenters. The van der Waals surface area contributed by atoms with Crippen molar-refractivity contribution in [1.29, 1.82) is 0 Å². The van der Waals surface area contributed by atoms with Gasteiger partial charge in [-0.05, 0) is 31.0 Å². The monoisotopic (exact) mass is 392 g/mol. The number of anilines is 2. The summed E-state index contributed by atoms with van der Waals surface area (Å²) in [6.07, 6.45) is 12.8. The predicted octanol–water partition coefficient (Wildman–Crippen LogP) is 1.68. The molecular weight excluding hydrogens is 363 g/mol. The second kappa shape index (κ2) is 11.9. The van der Waals surface area contributed by atoms with Gasteiger partial charge in [-0.3, -0.25) is 0 Å². The van der Waals surface area contributed by atoms with E-state index < -0.39 is 10.1 Å². The van der Waals surface area contributed by atoms with Crippen LogP contribution in [-0.2, 0) is 10.1 Å². The summed E-state index contributed by atoms with van der Waals surface area (Å²) >= 11 is 0. The Balaban J connectivity index is 0.00000312. The number of hydrogen-bond acceptors (Lipinski definition) is 5. The Morgan fingerprint density at radius 3 is 2.08 bits per heavy atom. The summed E-state index contributed by atoms with van der Waals surface area (Å²) in [7, 11) is -4.40. The molecule has 1 aromatic rings. The van der Waals surface area contributed by atoms with Crippen LogP contribution in [0.25, 0.3) is 0 Å². The molecule has 1 aliphatic heterocycles. The molecule has 5 nitrogen and oxygen atoms in total. The largest absolute Gasteiger partial charge is 1.00 e. The third-order valence-electron chi connectivity index (χ3n) is 4.54. The molecule has 2 rings (SSSR count). The van der Waals surface area contributed by atoms with Crippen molar-refractivity contribution in [2.24, 2.45) is 0 Å². The molecule has 0 amide bonds. The summed E-state index contributed by atoms with van der Waals surface area (Å²) in [4.78, 5) is -0.181. The van der Waals surface area contributed by atoms with Gasteiger partial charge in [0.15, 0.2) is 0 Å². The number of unbranched alkanes of at least 4 members (excludes halogenated alkanes) is 8. The third-order valence-corrected chi connectivity index (χ3v) is 5.37. The topological polar surface area (TPSA) is 81.3 Å². The van der Waals surface area contributed by atoms with Crippen molar-refractivity contribution in [3.63, 3.8) is 0 Å². The van der Waals surface area contributed by atoms with Crippen LogP contribution in [0.3, 0.4) is 0 Å². The quantitative estimate of drug-likeness (QED) is 0.340. The molecule has 0 spiro atoms. The fraction of sp³-hybridized carbons (Fsp3) is 0.667. The van der Waals surface area contributed by atoms with Gasteiger partial charge >= 0.3 is 51.4 Å². The van der Waals surface area contributed by atoms with Crippen molar-refractivity contribution in [1.82, 2.24) is 0 Å². The van der Waals surface area contributed by atoms with E-state index >= 15 is 0 Å². The number of rotatable bonds is 11. The van der Waals surface area contributed by atoms with E-state index in [9.17, 15) is 13.0 Å². The zero-order valence-corrected chi connectivity index (χ0v) is 19.5. The van der Waals surface area contributed by atoms with Crippen LogP contribution in [0.4, 0.5) is 11.4 Å². The molecule has 1 atom stereocenters. The average molecular weight is 393 g/mol. The molecule has 0 bridgehead atoms. The normalized spacial score (nSPS) is 15.8. The Bertz CT molecular complexity index is 623. The van der Waals surface area contributed by atoms with Crippen molar-refractivity contribution in [2.75, 3.05) is 10.6 Å². The summed E-state index contributed by atoms with van der Waals surface area (Å²) in [5, 5.41) is 6.59. The van der Waals surface area contributed by atoms with Crippen LogP contribution in [0.15, 0.2) is 23.1 Å². The van der Waals surface area contributed by atoms with Gasteiger partial charge < -0.3 is 15.2 Å². The molecule has 0 fully saturated rings. The van der Waals surface area contributed by atoms with Crippen LogP contribution in [-0.4, -0.2) is 19.1 Å². The van der Waals surface area contributed by atoms with Crippen LogP contribution in [0.5, 0.6) is 0 Å². The summed E-state index contributed by atoms with van der Waals surface area (Å²) in [5.41, 5.74) is 1.57. The first-order valence-corrected chi connectivity index (χ1v) is 10.5. The van der Waals surface area contributed by atoms with Gasteiger partial charge in [-0.2, -0.15) is 0 Å². The van der Waals surface area contributed by atoms with Gasteiger partial charge in [-0.1, -0.05) is 58.3 Å². The average Bonchev–Trinajstić information content (AvgIpc) is 2.94. The van der Waals surface area contributed by atoms with Crippen LogP contribution in [0, 0.1) is 0 Å². The third kappa shape index (κ3) is 8.28. The maximum absolute atomic E-state index is 11.1. The fourth-order valence-corrected chi connectivity index (χ4v) is 3.64. The van der Waals surface area contributed by atoms with Crippen LogP contribution in [0.2, 0.25) is 0 Å². The Kier molecular flexibility index (Phi) is 11.2. The molecule has 2 N–H and O–H groups in total. The van der Waals surface area contributed by atoms with E-state index in [1.54, 1.807) is 6.07 Å². The zero-order valence-electron chi connectivity index (χ0n) is 15.5. The van der Waals surface area contributed by atoms with Gasteiger partial charge in [0.05, 0.1) is 22.4 Å². The van der Waals surface area contributed by atoms with Gasteiger partial charge in [-0.25, -0.2) is 8.42 Å². The summed E-state index contributed by atoms with van der Waals surface area (Å²) in [5.74, 6) is 0. The molecule has 0 aliphatic carbocycles. The molecule has 0 saturated carbocycles. The second-order valence-electron chi connectivity index (χ2n) is 6.62. The molecule has 7 heteroatoms. The Morgan fingerprint density at radius 2 is 1.48 bits per heavy atom. The van der Waals surface area contributed by atoms with E-state index in [2.05, 4.69) is 17.6 Å². The first kappa shape index (κ1) is 23.4. The summed E-state index contributed by atoms with van der Waals surface area (Å²) < 4.78 is 33.2. The SMILES string of the molecule is CCCCCCCCCCCC1Nc2ccc(S(=O)(=O)[O-])cc2N1.[K+].